The molecule has 1 aliphatic heterocycles. The van der Waals surface area contributed by atoms with Gasteiger partial charge in [0, 0.05) is 10.6 Å². The van der Waals surface area contributed by atoms with Crippen LogP contribution in [0.3, 0.4) is 0 Å². The minimum Gasteiger partial charge on any atom is -0.490 e. The number of carbonyl (C=O) groups excluding carboxylic acids is 3. The van der Waals surface area contributed by atoms with Gasteiger partial charge in [-0.05, 0) is 78.6 Å². The molecule has 0 aliphatic carbocycles. The maximum absolute atomic E-state index is 13.4. The van der Waals surface area contributed by atoms with Crippen molar-refractivity contribution in [3.8, 4) is 11.5 Å². The second-order valence-corrected chi connectivity index (χ2v) is 9.84. The molecule has 4 amide bonds. The van der Waals surface area contributed by atoms with E-state index in [4.69, 9.17) is 21.1 Å². The van der Waals surface area contributed by atoms with E-state index < -0.39 is 17.8 Å². The van der Waals surface area contributed by atoms with E-state index in [0.717, 1.165) is 26.8 Å². The van der Waals surface area contributed by atoms with E-state index in [1.54, 1.807) is 37.3 Å². The van der Waals surface area contributed by atoms with E-state index in [-0.39, 0.29) is 5.57 Å². The molecule has 0 bridgehead atoms. The molecule has 5 rings (SSSR count). The highest BCUT2D eigenvalue weighted by Crippen LogP contribution is 2.33. The number of urea groups is 1. The predicted octanol–water partition coefficient (Wildman–Crippen LogP) is 6.75. The summed E-state index contributed by atoms with van der Waals surface area (Å²) in [6.07, 6.45) is 1.43. The minimum absolute atomic E-state index is 0.193. The molecule has 0 unspecified atom stereocenters. The first kappa shape index (κ1) is 27.0. The fraction of sp³-hybridized carbons (Fsp3) is 0.156. The monoisotopic (exact) mass is 554 g/mol. The Balaban J connectivity index is 1.45. The number of rotatable bonds is 7. The van der Waals surface area contributed by atoms with E-state index in [1.165, 1.54) is 12.1 Å². The van der Waals surface area contributed by atoms with Gasteiger partial charge in [-0.25, -0.2) is 9.69 Å². The van der Waals surface area contributed by atoms with Gasteiger partial charge in [0.05, 0.1) is 12.3 Å². The van der Waals surface area contributed by atoms with Gasteiger partial charge in [0.1, 0.15) is 12.2 Å². The number of halogens is 1. The molecule has 4 aromatic rings. The Labute approximate surface area is 237 Å². The van der Waals surface area contributed by atoms with E-state index in [0.29, 0.717) is 46.5 Å². The molecule has 1 fully saturated rings. The molecular formula is C32H27ClN2O5. The van der Waals surface area contributed by atoms with Gasteiger partial charge in [-0.1, -0.05) is 60.1 Å². The second kappa shape index (κ2) is 11.2. The quantitative estimate of drug-likeness (QED) is 0.202. The second-order valence-electron chi connectivity index (χ2n) is 9.40. The molecule has 202 valence electrons. The number of fused-ring (bicyclic) bond motifs is 1. The lowest BCUT2D eigenvalue weighted by molar-refractivity contribution is -0.122. The zero-order valence-corrected chi connectivity index (χ0v) is 23.0. The SMILES string of the molecule is CCOc1cc(/C=C2\C(=O)NC(=O)N(c3cc(Cl)ccc3C)C2=O)ccc1OCc1c(C)ccc2ccccc12. The molecule has 40 heavy (non-hydrogen) atoms. The maximum Gasteiger partial charge on any atom is 0.335 e. The van der Waals surface area contributed by atoms with Crippen LogP contribution in [-0.4, -0.2) is 24.5 Å². The fourth-order valence-electron chi connectivity index (χ4n) is 4.65. The molecular weight excluding hydrogens is 528 g/mol. The van der Waals surface area contributed by atoms with Gasteiger partial charge in [0.15, 0.2) is 11.5 Å². The van der Waals surface area contributed by atoms with Crippen molar-refractivity contribution in [3.05, 3.63) is 106 Å². The zero-order chi connectivity index (χ0) is 28.4. The summed E-state index contributed by atoms with van der Waals surface area (Å²) in [5.41, 5.74) is 3.50. The van der Waals surface area contributed by atoms with Gasteiger partial charge in [0.2, 0.25) is 0 Å². The van der Waals surface area contributed by atoms with Crippen LogP contribution in [0.2, 0.25) is 5.02 Å². The van der Waals surface area contributed by atoms with E-state index in [9.17, 15) is 14.4 Å². The molecule has 1 saturated heterocycles. The van der Waals surface area contributed by atoms with Crippen LogP contribution in [0.25, 0.3) is 16.8 Å². The highest BCUT2D eigenvalue weighted by Gasteiger charge is 2.37. The molecule has 1 N–H and O–H groups in total. The molecule has 0 spiro atoms. The highest BCUT2D eigenvalue weighted by atomic mass is 35.5. The van der Waals surface area contributed by atoms with Gasteiger partial charge < -0.3 is 9.47 Å². The lowest BCUT2D eigenvalue weighted by Gasteiger charge is -2.27. The van der Waals surface area contributed by atoms with Gasteiger partial charge >= 0.3 is 6.03 Å². The molecule has 8 heteroatoms. The minimum atomic E-state index is -0.833. The lowest BCUT2D eigenvalue weighted by Crippen LogP contribution is -2.54. The summed E-state index contributed by atoms with van der Waals surface area (Å²) < 4.78 is 12.1. The molecule has 1 aliphatic rings. The Morgan fingerprint density at radius 1 is 0.875 bits per heavy atom. The summed E-state index contributed by atoms with van der Waals surface area (Å²) in [6.45, 7) is 6.39. The first-order valence-corrected chi connectivity index (χ1v) is 13.2. The van der Waals surface area contributed by atoms with Crippen molar-refractivity contribution in [3.63, 3.8) is 0 Å². The number of barbiturate groups is 1. The zero-order valence-electron chi connectivity index (χ0n) is 22.3. The Morgan fingerprint density at radius 2 is 1.65 bits per heavy atom. The summed E-state index contributed by atoms with van der Waals surface area (Å²) in [7, 11) is 0. The van der Waals surface area contributed by atoms with Crippen molar-refractivity contribution in [2.75, 3.05) is 11.5 Å². The van der Waals surface area contributed by atoms with Crippen LogP contribution in [0.15, 0.2) is 78.4 Å². The van der Waals surface area contributed by atoms with Crippen LogP contribution < -0.4 is 19.7 Å². The average Bonchev–Trinajstić information content (AvgIpc) is 2.93. The number of nitrogens with zero attached hydrogens (tertiary/aromatic N) is 1. The van der Waals surface area contributed by atoms with Crippen LogP contribution in [0, 0.1) is 13.8 Å². The molecule has 0 atom stereocenters. The van der Waals surface area contributed by atoms with Crippen LogP contribution in [-0.2, 0) is 16.2 Å². The number of hydrogen-bond donors (Lipinski definition) is 1. The molecule has 7 nitrogen and oxygen atoms in total. The number of anilines is 1. The third kappa shape index (κ3) is 5.28. The summed E-state index contributed by atoms with van der Waals surface area (Å²) >= 11 is 6.11. The van der Waals surface area contributed by atoms with Crippen molar-refractivity contribution in [2.45, 2.75) is 27.4 Å². The molecule has 1 heterocycles. The van der Waals surface area contributed by atoms with Gasteiger partial charge in [0.25, 0.3) is 11.8 Å². The van der Waals surface area contributed by atoms with Crippen LogP contribution in [0.4, 0.5) is 10.5 Å². The summed E-state index contributed by atoms with van der Waals surface area (Å²) in [6, 6.07) is 21.5. The van der Waals surface area contributed by atoms with Crippen molar-refractivity contribution >= 4 is 52.0 Å². The summed E-state index contributed by atoms with van der Waals surface area (Å²) in [5.74, 6) is -0.529. The molecule has 4 aromatic carbocycles. The Hall–Kier alpha value is -4.62. The van der Waals surface area contributed by atoms with Crippen molar-refractivity contribution in [1.29, 1.82) is 0 Å². The van der Waals surface area contributed by atoms with Gasteiger partial charge in [-0.15, -0.1) is 0 Å². The summed E-state index contributed by atoms with van der Waals surface area (Å²) in [4.78, 5) is 39.6. The standard InChI is InChI=1S/C32H27ClN2O5/c1-4-39-29-16-21(11-14-28(29)40-18-26-19(2)9-12-22-7-5-6-8-24(22)26)15-25-30(36)34-32(38)35(31(25)37)27-17-23(33)13-10-20(27)3/h5-17H,4,18H2,1-3H3,(H,34,36,38)/b25-15+. The Kier molecular flexibility index (Phi) is 7.58. The number of nitrogens with one attached hydrogen (secondary N) is 1. The number of imide groups is 2. The van der Waals surface area contributed by atoms with Crippen molar-refractivity contribution in [2.24, 2.45) is 0 Å². The Morgan fingerprint density at radius 3 is 2.45 bits per heavy atom. The number of aryl methyl sites for hydroxylation is 2. The number of amides is 4. The van der Waals surface area contributed by atoms with Crippen LogP contribution in [0.1, 0.15) is 29.2 Å². The maximum atomic E-state index is 13.4. The predicted molar refractivity (Wildman–Crippen MR) is 156 cm³/mol. The van der Waals surface area contributed by atoms with E-state index in [2.05, 4.69) is 36.5 Å². The number of carbonyl (C=O) groups is 3. The largest absolute Gasteiger partial charge is 0.490 e. The smallest absolute Gasteiger partial charge is 0.335 e. The van der Waals surface area contributed by atoms with Crippen LogP contribution in [0.5, 0.6) is 11.5 Å². The third-order valence-corrected chi connectivity index (χ3v) is 6.97. The molecule has 0 aromatic heterocycles. The average molecular weight is 555 g/mol. The van der Waals surface area contributed by atoms with Crippen molar-refractivity contribution < 1.29 is 23.9 Å². The fourth-order valence-corrected chi connectivity index (χ4v) is 4.82. The first-order valence-electron chi connectivity index (χ1n) is 12.8. The Bertz CT molecular complexity index is 1690. The van der Waals surface area contributed by atoms with E-state index >= 15 is 0 Å². The topological polar surface area (TPSA) is 84.9 Å². The number of hydrogen-bond acceptors (Lipinski definition) is 5. The first-order chi connectivity index (χ1) is 19.3. The number of ether oxygens (including phenoxy) is 2. The lowest BCUT2D eigenvalue weighted by atomic mass is 10.0. The van der Waals surface area contributed by atoms with E-state index in [1.807, 2.05) is 19.1 Å². The van der Waals surface area contributed by atoms with Gasteiger partial charge in [-0.2, -0.15) is 0 Å². The number of benzene rings is 4. The van der Waals surface area contributed by atoms with Crippen molar-refractivity contribution in [1.82, 2.24) is 5.32 Å². The normalized spacial score (nSPS) is 14.6. The molecule has 0 radical (unpaired) electrons. The highest BCUT2D eigenvalue weighted by molar-refractivity contribution is 6.39. The summed E-state index contributed by atoms with van der Waals surface area (Å²) in [5, 5.41) is 4.86. The van der Waals surface area contributed by atoms with Gasteiger partial charge in [-0.3, -0.25) is 14.9 Å². The third-order valence-electron chi connectivity index (χ3n) is 6.74. The van der Waals surface area contributed by atoms with Crippen LogP contribution >= 0.6 is 11.6 Å². The molecule has 0 saturated carbocycles.